The van der Waals surface area contributed by atoms with Crippen molar-refractivity contribution in [3.05, 3.63) is 32.3 Å². The zero-order valence-electron chi connectivity index (χ0n) is 10.4. The van der Waals surface area contributed by atoms with Crippen molar-refractivity contribution in [2.24, 2.45) is 12.0 Å². The lowest BCUT2D eigenvalue weighted by Gasteiger charge is -2.02. The van der Waals surface area contributed by atoms with Crippen molar-refractivity contribution in [1.82, 2.24) is 9.55 Å². The summed E-state index contributed by atoms with van der Waals surface area (Å²) in [5.41, 5.74) is 8.82. The lowest BCUT2D eigenvalue weighted by molar-refractivity contribution is 0.432. The van der Waals surface area contributed by atoms with Crippen LogP contribution in [0.5, 0.6) is 5.88 Å². The minimum atomic E-state index is 0.0352. The van der Waals surface area contributed by atoms with Crippen LogP contribution in [-0.4, -0.2) is 20.9 Å². The van der Waals surface area contributed by atoms with Gasteiger partial charge in [-0.1, -0.05) is 0 Å². The van der Waals surface area contributed by atoms with Gasteiger partial charge in [0.15, 0.2) is 0 Å². The van der Waals surface area contributed by atoms with Crippen molar-refractivity contribution in [3.63, 3.8) is 0 Å². The summed E-state index contributed by atoms with van der Waals surface area (Å²) in [5.74, 6) is 0.300. The summed E-state index contributed by atoms with van der Waals surface area (Å²) in [6, 6.07) is 3.91. The third kappa shape index (κ3) is 2.06. The van der Waals surface area contributed by atoms with Gasteiger partial charge in [0.1, 0.15) is 5.69 Å². The van der Waals surface area contributed by atoms with Crippen LogP contribution in [0.25, 0.3) is 11.6 Å². The summed E-state index contributed by atoms with van der Waals surface area (Å²) in [7, 11) is 1.66. The summed E-state index contributed by atoms with van der Waals surface area (Å²) >= 11 is 6.92. The van der Waals surface area contributed by atoms with Crippen LogP contribution in [0.1, 0.15) is 11.3 Å². The Morgan fingerprint density at radius 2 is 2.00 bits per heavy atom. The third-order valence-corrected chi connectivity index (χ3v) is 4.95. The molecule has 1 aliphatic heterocycles. The number of aliphatic imine (C=N–C) groups is 1. The van der Waals surface area contributed by atoms with Crippen molar-refractivity contribution in [2.75, 3.05) is 5.73 Å². The number of aromatic hydroxyl groups is 1. The van der Waals surface area contributed by atoms with Crippen molar-refractivity contribution in [2.45, 2.75) is 0 Å². The van der Waals surface area contributed by atoms with Gasteiger partial charge < -0.3 is 10.8 Å². The highest BCUT2D eigenvalue weighted by atomic mass is 79.9. The number of halogens is 2. The van der Waals surface area contributed by atoms with E-state index in [1.54, 1.807) is 19.3 Å². The number of anilines is 1. The lowest BCUT2D eigenvalue weighted by atomic mass is 10.1. The maximum Gasteiger partial charge on any atom is 0.220 e. The minimum Gasteiger partial charge on any atom is -0.493 e. The second kappa shape index (κ2) is 4.75. The normalized spacial score (nSPS) is 15.1. The van der Waals surface area contributed by atoms with Gasteiger partial charge in [-0.25, -0.2) is 4.98 Å². The van der Waals surface area contributed by atoms with Gasteiger partial charge in [0, 0.05) is 33.3 Å². The number of fused-ring (bicyclic) bond motifs is 1. The Kier molecular flexibility index (Phi) is 3.18. The van der Waals surface area contributed by atoms with Crippen LogP contribution in [-0.2, 0) is 7.05 Å². The summed E-state index contributed by atoms with van der Waals surface area (Å²) in [5, 5.41) is 9.94. The van der Waals surface area contributed by atoms with Crippen molar-refractivity contribution < 1.29 is 5.11 Å². The first-order valence-electron chi connectivity index (χ1n) is 5.73. The van der Waals surface area contributed by atoms with E-state index in [4.69, 9.17) is 5.73 Å². The van der Waals surface area contributed by atoms with Gasteiger partial charge in [0.2, 0.25) is 11.8 Å². The van der Waals surface area contributed by atoms with Crippen molar-refractivity contribution in [1.29, 1.82) is 0 Å². The van der Waals surface area contributed by atoms with E-state index in [1.165, 1.54) is 4.57 Å². The van der Waals surface area contributed by atoms with Crippen LogP contribution in [0, 0.1) is 0 Å². The van der Waals surface area contributed by atoms with Crippen LogP contribution < -0.4 is 5.73 Å². The second-order valence-electron chi connectivity index (χ2n) is 4.38. The summed E-state index contributed by atoms with van der Waals surface area (Å²) in [4.78, 5) is 8.46. The molecule has 1 aromatic heterocycles. The average Bonchev–Trinajstić information content (AvgIpc) is 2.89. The number of allylic oxidation sites excluding steroid dienone is 1. The SMILES string of the molecule is Cn1c(N)nc(/C=C2/C=Nc3cc(Br)c(Br)cc32)c1O. The highest BCUT2D eigenvalue weighted by Crippen LogP contribution is 2.39. The molecule has 3 N–H and O–H groups in total. The molecule has 0 saturated carbocycles. The number of hydrogen-bond donors (Lipinski definition) is 2. The van der Waals surface area contributed by atoms with E-state index in [9.17, 15) is 5.11 Å². The first-order valence-corrected chi connectivity index (χ1v) is 7.32. The highest BCUT2D eigenvalue weighted by Gasteiger charge is 2.17. The van der Waals surface area contributed by atoms with Crippen LogP contribution in [0.3, 0.4) is 0 Å². The van der Waals surface area contributed by atoms with E-state index >= 15 is 0 Å². The van der Waals surface area contributed by atoms with Gasteiger partial charge >= 0.3 is 0 Å². The Balaban J connectivity index is 2.11. The Morgan fingerprint density at radius 3 is 2.65 bits per heavy atom. The third-order valence-electron chi connectivity index (χ3n) is 3.11. The van der Waals surface area contributed by atoms with Crippen LogP contribution >= 0.6 is 31.9 Å². The molecule has 7 heteroatoms. The smallest absolute Gasteiger partial charge is 0.220 e. The van der Waals surface area contributed by atoms with Crippen LogP contribution in [0.15, 0.2) is 26.1 Å². The summed E-state index contributed by atoms with van der Waals surface area (Å²) < 4.78 is 3.31. The zero-order chi connectivity index (χ0) is 14.4. The molecule has 0 unspecified atom stereocenters. The molecule has 20 heavy (non-hydrogen) atoms. The largest absolute Gasteiger partial charge is 0.493 e. The summed E-state index contributed by atoms with van der Waals surface area (Å²) in [6.07, 6.45) is 3.51. The molecule has 0 amide bonds. The molecule has 1 aromatic carbocycles. The number of hydrogen-bond acceptors (Lipinski definition) is 4. The van der Waals surface area contributed by atoms with E-state index in [0.717, 1.165) is 25.8 Å². The van der Waals surface area contributed by atoms with Gasteiger partial charge in [-0.15, -0.1) is 0 Å². The molecule has 0 fully saturated rings. The van der Waals surface area contributed by atoms with Crippen molar-refractivity contribution in [3.8, 4) is 5.88 Å². The number of nitrogens with two attached hydrogens (primary N) is 1. The Labute approximate surface area is 132 Å². The average molecular weight is 398 g/mol. The maximum atomic E-state index is 9.94. The molecule has 2 aromatic rings. The molecule has 0 saturated heterocycles. The first kappa shape index (κ1) is 13.4. The van der Waals surface area contributed by atoms with E-state index in [2.05, 4.69) is 41.8 Å². The van der Waals surface area contributed by atoms with E-state index in [0.29, 0.717) is 5.69 Å². The zero-order valence-corrected chi connectivity index (χ0v) is 13.6. The van der Waals surface area contributed by atoms with E-state index in [1.807, 2.05) is 12.1 Å². The monoisotopic (exact) mass is 396 g/mol. The fraction of sp³-hybridized carbons (Fsp3) is 0.0769. The predicted molar refractivity (Wildman–Crippen MR) is 87.2 cm³/mol. The predicted octanol–water partition coefficient (Wildman–Crippen LogP) is 3.49. The number of imidazole rings is 1. The molecule has 5 nitrogen and oxygen atoms in total. The highest BCUT2D eigenvalue weighted by molar-refractivity contribution is 9.13. The molecule has 0 bridgehead atoms. The molecule has 102 valence electrons. The standard InChI is InChI=1S/C13H10Br2N4O/c1-19-12(20)11(18-13(19)16)2-6-5-17-10-4-9(15)8(14)3-7(6)10/h2-5,20H,1H3,(H2,16,18)/b6-2-. The second-order valence-corrected chi connectivity index (χ2v) is 6.09. The number of nitrogens with zero attached hydrogens (tertiary/aromatic N) is 3. The molecule has 3 rings (SSSR count). The quantitative estimate of drug-likeness (QED) is 0.773. The maximum absolute atomic E-state index is 9.94. The molecule has 2 heterocycles. The van der Waals surface area contributed by atoms with Gasteiger partial charge in [-0.2, -0.15) is 0 Å². The Hall–Kier alpha value is -1.60. The number of benzene rings is 1. The van der Waals surface area contributed by atoms with Crippen LogP contribution in [0.2, 0.25) is 0 Å². The molecule has 0 atom stereocenters. The lowest BCUT2D eigenvalue weighted by Crippen LogP contribution is -1.95. The molecule has 0 aliphatic carbocycles. The van der Waals surface area contributed by atoms with Crippen molar-refractivity contribution >= 4 is 61.4 Å². The van der Waals surface area contributed by atoms with E-state index < -0.39 is 0 Å². The van der Waals surface area contributed by atoms with Gasteiger partial charge in [0.05, 0.1) is 5.69 Å². The topological polar surface area (TPSA) is 76.4 Å². The number of rotatable bonds is 1. The molecular formula is C13H10Br2N4O. The van der Waals surface area contributed by atoms with Gasteiger partial charge in [-0.05, 0) is 50.1 Å². The van der Waals surface area contributed by atoms with E-state index in [-0.39, 0.29) is 11.8 Å². The molecule has 1 aliphatic rings. The molecular weight excluding hydrogens is 388 g/mol. The number of nitrogen functional groups attached to an aromatic ring is 1. The Bertz CT molecular complexity index is 777. The minimum absolute atomic E-state index is 0.0352. The fourth-order valence-corrected chi connectivity index (χ4v) is 2.65. The van der Waals surface area contributed by atoms with Crippen LogP contribution in [0.4, 0.5) is 11.6 Å². The van der Waals surface area contributed by atoms with Gasteiger partial charge in [0.25, 0.3) is 0 Å². The fourth-order valence-electron chi connectivity index (χ4n) is 1.97. The van der Waals surface area contributed by atoms with Gasteiger partial charge in [-0.3, -0.25) is 9.56 Å². The molecule has 0 radical (unpaired) electrons. The Morgan fingerprint density at radius 1 is 1.30 bits per heavy atom. The first-order chi connectivity index (χ1) is 9.47. The summed E-state index contributed by atoms with van der Waals surface area (Å²) in [6.45, 7) is 0. The number of aromatic nitrogens is 2. The molecule has 0 spiro atoms.